The van der Waals surface area contributed by atoms with Crippen LogP contribution < -0.4 is 0 Å². The Morgan fingerprint density at radius 2 is 1.70 bits per heavy atom. The number of methoxy groups -OCH3 is 1. The minimum atomic E-state index is 0.378. The van der Waals surface area contributed by atoms with Crippen LogP contribution in [0.25, 0.3) is 0 Å². The lowest BCUT2D eigenvalue weighted by atomic mass is 9.46. The van der Waals surface area contributed by atoms with Crippen molar-refractivity contribution < 1.29 is 4.74 Å². The number of hydrogen-bond donors (Lipinski definition) is 0. The van der Waals surface area contributed by atoms with E-state index in [2.05, 4.69) is 47.6 Å². The van der Waals surface area contributed by atoms with Crippen LogP contribution in [0.2, 0.25) is 0 Å². The van der Waals surface area contributed by atoms with Crippen LogP contribution in [0.4, 0.5) is 0 Å². The highest BCUT2D eigenvalue weighted by Gasteiger charge is 2.59. The monoisotopic (exact) mass is 414 g/mol. The van der Waals surface area contributed by atoms with E-state index in [1.54, 1.807) is 5.57 Å². The third-order valence-electron chi connectivity index (χ3n) is 11.3. The van der Waals surface area contributed by atoms with Gasteiger partial charge in [-0.05, 0) is 104 Å². The van der Waals surface area contributed by atoms with Crippen molar-refractivity contribution in [2.75, 3.05) is 7.11 Å². The first kappa shape index (κ1) is 22.9. The topological polar surface area (TPSA) is 9.23 Å². The summed E-state index contributed by atoms with van der Waals surface area (Å²) >= 11 is 0. The van der Waals surface area contributed by atoms with Crippen molar-refractivity contribution in [3.05, 3.63) is 11.6 Å². The summed E-state index contributed by atoms with van der Waals surface area (Å²) < 4.78 is 5.72. The van der Waals surface area contributed by atoms with Crippen molar-refractivity contribution in [2.24, 2.45) is 52.3 Å². The Morgan fingerprint density at radius 3 is 2.40 bits per heavy atom. The SMILES string of the molecule is CO[C@@H]1C=C2CC[C@@H]3[C@H]4CC[C@@H]([C@H](C)CC[C@H](C)C(C)C)[C@@]4(C)CC[C@H]3[C@@]2(C)CC1. The maximum Gasteiger partial charge on any atom is 0.0755 e. The van der Waals surface area contributed by atoms with Gasteiger partial charge in [0, 0.05) is 7.11 Å². The molecule has 172 valence electrons. The lowest BCUT2D eigenvalue weighted by Gasteiger charge is -2.59. The van der Waals surface area contributed by atoms with Crippen molar-refractivity contribution in [3.63, 3.8) is 0 Å². The van der Waals surface area contributed by atoms with Gasteiger partial charge < -0.3 is 4.74 Å². The molecule has 0 aromatic carbocycles. The van der Waals surface area contributed by atoms with Crippen LogP contribution in [0.1, 0.15) is 106 Å². The molecule has 3 fully saturated rings. The molecule has 4 rings (SSSR count). The molecule has 3 saturated carbocycles. The molecule has 1 heteroatoms. The standard InChI is InChI=1S/C29H50O/c1-19(2)20(3)8-9-21(4)25-12-13-26-24-11-10-22-18-23(30-7)14-16-28(22,5)27(24)15-17-29(25,26)6/h18-21,23-27H,8-17H2,1-7H3/t20-,21+,23-,24+,25-,26+,27+,28-,29+/m0/s1. The summed E-state index contributed by atoms with van der Waals surface area (Å²) in [4.78, 5) is 0. The zero-order valence-corrected chi connectivity index (χ0v) is 21.2. The van der Waals surface area contributed by atoms with E-state index in [9.17, 15) is 0 Å². The Balaban J connectivity index is 1.48. The minimum absolute atomic E-state index is 0.378. The first-order valence-corrected chi connectivity index (χ1v) is 13.4. The fourth-order valence-corrected chi connectivity index (χ4v) is 8.92. The van der Waals surface area contributed by atoms with Gasteiger partial charge >= 0.3 is 0 Å². The Bertz CT molecular complexity index is 634. The van der Waals surface area contributed by atoms with E-state index in [0.717, 1.165) is 41.4 Å². The molecule has 0 saturated heterocycles. The molecule has 0 unspecified atom stereocenters. The Labute approximate surface area is 187 Å². The predicted molar refractivity (Wildman–Crippen MR) is 128 cm³/mol. The van der Waals surface area contributed by atoms with E-state index in [0.29, 0.717) is 16.9 Å². The maximum absolute atomic E-state index is 5.72. The van der Waals surface area contributed by atoms with Crippen molar-refractivity contribution in [2.45, 2.75) is 112 Å². The quantitative estimate of drug-likeness (QED) is 0.397. The molecule has 0 aliphatic heterocycles. The highest BCUT2D eigenvalue weighted by atomic mass is 16.5. The summed E-state index contributed by atoms with van der Waals surface area (Å²) in [6.07, 6.45) is 17.2. The molecule has 0 heterocycles. The largest absolute Gasteiger partial charge is 0.377 e. The van der Waals surface area contributed by atoms with Gasteiger partial charge in [-0.2, -0.15) is 0 Å². The third-order valence-corrected chi connectivity index (χ3v) is 11.3. The zero-order valence-electron chi connectivity index (χ0n) is 21.2. The molecule has 0 radical (unpaired) electrons. The van der Waals surface area contributed by atoms with Crippen LogP contribution in [-0.2, 0) is 4.74 Å². The van der Waals surface area contributed by atoms with Gasteiger partial charge in [-0.15, -0.1) is 0 Å². The predicted octanol–water partition coefficient (Wildman–Crippen LogP) is 8.29. The second-order valence-corrected chi connectivity index (χ2v) is 12.8. The van der Waals surface area contributed by atoms with Crippen LogP contribution in [0.15, 0.2) is 11.6 Å². The summed E-state index contributed by atoms with van der Waals surface area (Å²) in [7, 11) is 1.89. The summed E-state index contributed by atoms with van der Waals surface area (Å²) in [6, 6.07) is 0. The lowest BCUT2D eigenvalue weighted by Crippen LogP contribution is -2.51. The van der Waals surface area contributed by atoms with E-state index in [4.69, 9.17) is 4.74 Å². The molecule has 0 N–H and O–H groups in total. The molecule has 9 atom stereocenters. The van der Waals surface area contributed by atoms with Gasteiger partial charge in [0.05, 0.1) is 6.10 Å². The van der Waals surface area contributed by atoms with Crippen LogP contribution in [0.5, 0.6) is 0 Å². The second kappa shape index (κ2) is 8.57. The van der Waals surface area contributed by atoms with E-state index >= 15 is 0 Å². The van der Waals surface area contributed by atoms with E-state index in [1.807, 2.05) is 7.11 Å². The normalized spacial score (nSPS) is 45.3. The third kappa shape index (κ3) is 3.74. The first-order chi connectivity index (χ1) is 14.2. The van der Waals surface area contributed by atoms with Gasteiger partial charge in [0.1, 0.15) is 0 Å². The molecule has 4 aliphatic rings. The maximum atomic E-state index is 5.72. The van der Waals surface area contributed by atoms with Gasteiger partial charge in [0.2, 0.25) is 0 Å². The summed E-state index contributed by atoms with van der Waals surface area (Å²) in [5.41, 5.74) is 2.84. The molecule has 0 aromatic heterocycles. The molecule has 0 amide bonds. The van der Waals surface area contributed by atoms with Crippen LogP contribution in [-0.4, -0.2) is 13.2 Å². The molecule has 0 bridgehead atoms. The number of allylic oxidation sites excluding steroid dienone is 1. The lowest BCUT2D eigenvalue weighted by molar-refractivity contribution is -0.0640. The highest BCUT2D eigenvalue weighted by Crippen LogP contribution is 2.67. The molecule has 30 heavy (non-hydrogen) atoms. The van der Waals surface area contributed by atoms with Crippen LogP contribution in [0.3, 0.4) is 0 Å². The molecular weight excluding hydrogens is 364 g/mol. The van der Waals surface area contributed by atoms with Crippen LogP contribution >= 0.6 is 0 Å². The Kier molecular flexibility index (Phi) is 6.53. The number of ether oxygens (including phenoxy) is 1. The zero-order chi connectivity index (χ0) is 21.7. The van der Waals surface area contributed by atoms with E-state index < -0.39 is 0 Å². The summed E-state index contributed by atoms with van der Waals surface area (Å²) in [5.74, 6) is 6.49. The van der Waals surface area contributed by atoms with Gasteiger partial charge in [-0.25, -0.2) is 0 Å². The average Bonchev–Trinajstić information content (AvgIpc) is 3.08. The van der Waals surface area contributed by atoms with Gasteiger partial charge in [-0.3, -0.25) is 0 Å². The molecule has 0 spiro atoms. The Hall–Kier alpha value is -0.300. The minimum Gasteiger partial charge on any atom is -0.377 e. The molecule has 1 nitrogen and oxygen atoms in total. The van der Waals surface area contributed by atoms with E-state index in [1.165, 1.54) is 64.2 Å². The van der Waals surface area contributed by atoms with Gasteiger partial charge in [0.15, 0.2) is 0 Å². The summed E-state index contributed by atoms with van der Waals surface area (Å²) in [6.45, 7) is 15.2. The van der Waals surface area contributed by atoms with Crippen molar-refractivity contribution in [3.8, 4) is 0 Å². The number of hydrogen-bond acceptors (Lipinski definition) is 1. The number of rotatable bonds is 6. The Morgan fingerprint density at radius 1 is 0.933 bits per heavy atom. The fourth-order valence-electron chi connectivity index (χ4n) is 8.92. The molecule has 4 aliphatic carbocycles. The number of fused-ring (bicyclic) bond motifs is 5. The van der Waals surface area contributed by atoms with Crippen molar-refractivity contribution >= 4 is 0 Å². The highest BCUT2D eigenvalue weighted by molar-refractivity contribution is 5.25. The fraction of sp³-hybridized carbons (Fsp3) is 0.931. The van der Waals surface area contributed by atoms with Gasteiger partial charge in [-0.1, -0.05) is 66.0 Å². The van der Waals surface area contributed by atoms with Gasteiger partial charge in [0.25, 0.3) is 0 Å². The van der Waals surface area contributed by atoms with Crippen LogP contribution in [0, 0.1) is 52.3 Å². The van der Waals surface area contributed by atoms with Crippen molar-refractivity contribution in [1.82, 2.24) is 0 Å². The average molecular weight is 415 g/mol. The van der Waals surface area contributed by atoms with E-state index in [-0.39, 0.29) is 0 Å². The second-order valence-electron chi connectivity index (χ2n) is 12.8. The first-order valence-electron chi connectivity index (χ1n) is 13.4. The van der Waals surface area contributed by atoms with Crippen molar-refractivity contribution in [1.29, 1.82) is 0 Å². The smallest absolute Gasteiger partial charge is 0.0755 e. The molecular formula is C29H50O. The molecule has 0 aromatic rings. The summed E-state index contributed by atoms with van der Waals surface area (Å²) in [5, 5.41) is 0.